The number of amides is 5. The Labute approximate surface area is 306 Å². The van der Waals surface area contributed by atoms with Gasteiger partial charge in [-0.05, 0) is 58.6 Å². The van der Waals surface area contributed by atoms with Crippen LogP contribution in [0.1, 0.15) is 64.5 Å². The molecule has 3 fully saturated rings. The largest absolute Gasteiger partial charge is 0.460 e. The van der Waals surface area contributed by atoms with Crippen LogP contribution in [0.5, 0.6) is 0 Å². The van der Waals surface area contributed by atoms with Crippen LogP contribution in [-0.2, 0) is 56.5 Å². The van der Waals surface area contributed by atoms with E-state index >= 15 is 0 Å². The molecular formula is C35H44FN5O11S. The first-order valence-corrected chi connectivity index (χ1v) is 18.7. The van der Waals surface area contributed by atoms with E-state index in [2.05, 4.69) is 21.9 Å². The predicted octanol–water partition coefficient (Wildman–Crippen LogP) is 1.93. The van der Waals surface area contributed by atoms with Crippen molar-refractivity contribution < 1.29 is 55.8 Å². The molecule has 4 aliphatic rings. The van der Waals surface area contributed by atoms with Crippen LogP contribution in [0, 0.1) is 11.7 Å². The Morgan fingerprint density at radius 2 is 1.85 bits per heavy atom. The second kappa shape index (κ2) is 15.2. The number of nitrogens with one attached hydrogen (secondary N) is 3. The summed E-state index contributed by atoms with van der Waals surface area (Å²) >= 11 is 0. The summed E-state index contributed by atoms with van der Waals surface area (Å²) in [4.78, 5) is 82.3. The van der Waals surface area contributed by atoms with E-state index < -0.39 is 98.8 Å². The lowest BCUT2D eigenvalue weighted by atomic mass is 10.1. The van der Waals surface area contributed by atoms with Crippen molar-refractivity contribution >= 4 is 45.9 Å². The average Bonchev–Trinajstić information content (AvgIpc) is 3.96. The second-order valence-corrected chi connectivity index (χ2v) is 16.5. The number of hydrogen-bond donors (Lipinski definition) is 3. The fourth-order valence-corrected chi connectivity index (χ4v) is 7.66. The van der Waals surface area contributed by atoms with Gasteiger partial charge in [0, 0.05) is 30.5 Å². The van der Waals surface area contributed by atoms with Gasteiger partial charge >= 0.3 is 18.2 Å². The Hall–Kier alpha value is -5.00. The van der Waals surface area contributed by atoms with Gasteiger partial charge in [-0.3, -0.25) is 24.0 Å². The van der Waals surface area contributed by atoms with Crippen LogP contribution in [0.15, 0.2) is 43.0 Å². The van der Waals surface area contributed by atoms with Crippen molar-refractivity contribution in [3.63, 3.8) is 0 Å². The molecule has 18 heteroatoms. The van der Waals surface area contributed by atoms with E-state index in [0.29, 0.717) is 24.0 Å². The molecule has 16 nitrogen and oxygen atoms in total. The van der Waals surface area contributed by atoms with Gasteiger partial charge in [-0.25, -0.2) is 27.2 Å². The molecule has 5 rings (SSSR count). The number of carbonyl (C=O) groups excluding carboxylic acids is 6. The van der Waals surface area contributed by atoms with Crippen molar-refractivity contribution in [1.29, 1.82) is 0 Å². The van der Waals surface area contributed by atoms with E-state index in [1.165, 1.54) is 29.2 Å². The van der Waals surface area contributed by atoms with Crippen LogP contribution in [0.3, 0.4) is 0 Å². The molecule has 1 aromatic carbocycles. The van der Waals surface area contributed by atoms with E-state index in [-0.39, 0.29) is 32.5 Å². The minimum atomic E-state index is -3.98. The SMILES string of the molecule is C=C[C@@H]1C[C@]1(NC(=O)[C@@H]1CC(OC(=O)N2Cc3cccc(F)c3C2)CN1C(=O)[C@H](COC(=O)C=CC)NC(=O)OC(C)(C)C)C(=O)NS(=O)(=O)C1CC1. The lowest BCUT2D eigenvalue weighted by Gasteiger charge is -2.30. The molecule has 1 unspecified atom stereocenters. The lowest BCUT2D eigenvalue weighted by molar-refractivity contribution is -0.145. The van der Waals surface area contributed by atoms with Gasteiger partial charge in [0.1, 0.15) is 41.8 Å². The molecule has 288 valence electrons. The first-order valence-electron chi connectivity index (χ1n) is 17.2. The summed E-state index contributed by atoms with van der Waals surface area (Å²) < 4.78 is 57.9. The molecule has 0 radical (unpaired) electrons. The van der Waals surface area contributed by atoms with Crippen LogP contribution in [0.25, 0.3) is 0 Å². The van der Waals surface area contributed by atoms with Crippen molar-refractivity contribution in [3.8, 4) is 0 Å². The van der Waals surface area contributed by atoms with Gasteiger partial charge in [-0.1, -0.05) is 24.3 Å². The lowest BCUT2D eigenvalue weighted by Crippen LogP contribution is -2.59. The average molecular weight is 762 g/mol. The summed E-state index contributed by atoms with van der Waals surface area (Å²) in [7, 11) is -3.98. The molecule has 5 amide bonds. The number of halogens is 1. The number of nitrogens with zero attached hydrogens (tertiary/aromatic N) is 2. The number of esters is 1. The van der Waals surface area contributed by atoms with Gasteiger partial charge in [-0.2, -0.15) is 0 Å². The summed E-state index contributed by atoms with van der Waals surface area (Å²) in [5, 5.41) is 4.29. The summed E-state index contributed by atoms with van der Waals surface area (Å²) in [5.41, 5.74) is -1.73. The zero-order chi connectivity index (χ0) is 38.9. The number of rotatable bonds is 12. The third kappa shape index (κ3) is 9.15. The van der Waals surface area contributed by atoms with Crippen LogP contribution in [-0.4, -0.2) is 102 Å². The fourth-order valence-electron chi connectivity index (χ4n) is 6.30. The van der Waals surface area contributed by atoms with Crippen LogP contribution < -0.4 is 15.4 Å². The molecule has 2 heterocycles. The summed E-state index contributed by atoms with van der Waals surface area (Å²) in [6.45, 7) is 9.01. The van der Waals surface area contributed by atoms with E-state index in [4.69, 9.17) is 14.2 Å². The quantitative estimate of drug-likeness (QED) is 0.121. The normalized spacial score (nSPS) is 24.1. The van der Waals surface area contributed by atoms with Crippen molar-refractivity contribution in [1.82, 2.24) is 25.2 Å². The first kappa shape index (κ1) is 39.2. The molecule has 0 aromatic heterocycles. The molecular weight excluding hydrogens is 717 g/mol. The van der Waals surface area contributed by atoms with E-state index in [1.807, 2.05) is 0 Å². The third-order valence-electron chi connectivity index (χ3n) is 9.23. The Kier molecular flexibility index (Phi) is 11.2. The maximum absolute atomic E-state index is 14.4. The van der Waals surface area contributed by atoms with Gasteiger partial charge in [0.25, 0.3) is 5.91 Å². The molecule has 0 spiro atoms. The number of sulfonamides is 1. The number of carbonyl (C=O) groups is 6. The van der Waals surface area contributed by atoms with E-state index in [0.717, 1.165) is 11.0 Å². The smallest absolute Gasteiger partial charge is 0.410 e. The van der Waals surface area contributed by atoms with Gasteiger partial charge in [0.15, 0.2) is 0 Å². The van der Waals surface area contributed by atoms with Crippen molar-refractivity contribution in [2.24, 2.45) is 5.92 Å². The zero-order valence-corrected chi connectivity index (χ0v) is 30.7. The van der Waals surface area contributed by atoms with Gasteiger partial charge in [0.2, 0.25) is 21.8 Å². The van der Waals surface area contributed by atoms with Crippen LogP contribution >= 0.6 is 0 Å². The Morgan fingerprint density at radius 3 is 2.45 bits per heavy atom. The third-order valence-corrected chi connectivity index (χ3v) is 11.1. The highest BCUT2D eigenvalue weighted by Crippen LogP contribution is 2.45. The Balaban J connectivity index is 1.39. The molecule has 2 aliphatic heterocycles. The number of fused-ring (bicyclic) bond motifs is 1. The van der Waals surface area contributed by atoms with Crippen molar-refractivity contribution in [3.05, 3.63) is 60.0 Å². The van der Waals surface area contributed by atoms with E-state index in [9.17, 15) is 41.6 Å². The van der Waals surface area contributed by atoms with Gasteiger partial charge in [-0.15, -0.1) is 6.58 Å². The van der Waals surface area contributed by atoms with E-state index in [1.54, 1.807) is 33.8 Å². The molecule has 3 N–H and O–H groups in total. The topological polar surface area (TPSA) is 207 Å². The highest BCUT2D eigenvalue weighted by molar-refractivity contribution is 7.91. The summed E-state index contributed by atoms with van der Waals surface area (Å²) in [6.07, 6.45) is 1.50. The number of benzene rings is 1. The molecule has 1 saturated heterocycles. The minimum absolute atomic E-state index is 0.0309. The highest BCUT2D eigenvalue weighted by atomic mass is 32.2. The zero-order valence-electron chi connectivity index (χ0n) is 29.9. The van der Waals surface area contributed by atoms with Crippen molar-refractivity contribution in [2.75, 3.05) is 13.2 Å². The molecule has 5 atom stereocenters. The Morgan fingerprint density at radius 1 is 1.13 bits per heavy atom. The highest BCUT2D eigenvalue weighted by Gasteiger charge is 2.62. The second-order valence-electron chi connectivity index (χ2n) is 14.5. The van der Waals surface area contributed by atoms with Gasteiger partial charge in [0.05, 0.1) is 18.3 Å². The first-order chi connectivity index (χ1) is 24.9. The molecule has 2 aliphatic carbocycles. The molecule has 0 bridgehead atoms. The Bertz CT molecular complexity index is 1830. The van der Waals surface area contributed by atoms with Crippen LogP contribution in [0.2, 0.25) is 0 Å². The monoisotopic (exact) mass is 761 g/mol. The standard InChI is InChI=1S/C35H44FN5O11S/c1-6-9-28(42)50-19-26(37-32(46)52-34(3,4)5)30(44)41-17-22(51-33(47)40-16-20-10-8-11-25(36)24(20)18-40)14-27(41)29(43)38-35(15-21(35)7-2)31(45)39-53(48,49)23-12-13-23/h6-11,21-23,26-27H,2,12-19H2,1,3-5H3,(H,37,46)(H,38,43)(H,39,45)/t21-,22?,26+,27+,35-/m1/s1. The fraction of sp³-hybridized carbons (Fsp3) is 0.543. The number of hydrogen-bond acceptors (Lipinski definition) is 11. The number of allylic oxidation sites excluding steroid dienone is 1. The van der Waals surface area contributed by atoms with Crippen molar-refractivity contribution in [2.45, 2.75) is 101 Å². The molecule has 53 heavy (non-hydrogen) atoms. The molecule has 1 aromatic rings. The summed E-state index contributed by atoms with van der Waals surface area (Å²) in [6, 6.07) is 1.48. The number of ether oxygens (including phenoxy) is 3. The van der Waals surface area contributed by atoms with Crippen LogP contribution in [0.4, 0.5) is 14.0 Å². The number of alkyl carbamates (subject to hydrolysis) is 1. The maximum Gasteiger partial charge on any atom is 0.410 e. The molecule has 2 saturated carbocycles. The minimum Gasteiger partial charge on any atom is -0.460 e. The number of likely N-dealkylation sites (tertiary alicyclic amines) is 1. The van der Waals surface area contributed by atoms with Gasteiger partial charge < -0.3 is 29.7 Å². The maximum atomic E-state index is 14.4. The summed E-state index contributed by atoms with van der Waals surface area (Å²) in [5.74, 6) is -4.68. The predicted molar refractivity (Wildman–Crippen MR) is 184 cm³/mol.